The molecule has 94 valence electrons. The second-order valence-corrected chi connectivity index (χ2v) is 4.78. The molecule has 3 rings (SSSR count). The number of hydrogen-bond acceptors (Lipinski definition) is 4. The average Bonchev–Trinajstić information content (AvgIpc) is 2.71. The van der Waals surface area contributed by atoms with Gasteiger partial charge in [-0.25, -0.2) is 0 Å². The fraction of sp³-hybridized carbons (Fsp3) is 0.357. The number of nitrogen functional groups attached to an aromatic ring is 1. The Labute approximate surface area is 106 Å². The minimum atomic E-state index is 0.320. The van der Waals surface area contributed by atoms with Crippen molar-refractivity contribution in [2.45, 2.75) is 32.3 Å². The van der Waals surface area contributed by atoms with Gasteiger partial charge in [0, 0.05) is 11.6 Å². The molecule has 1 heterocycles. The van der Waals surface area contributed by atoms with Crippen LogP contribution in [0.5, 0.6) is 5.75 Å². The van der Waals surface area contributed by atoms with Gasteiger partial charge in [-0.15, -0.1) is 0 Å². The summed E-state index contributed by atoms with van der Waals surface area (Å²) < 4.78 is 10.9. The van der Waals surface area contributed by atoms with Gasteiger partial charge in [-0.1, -0.05) is 16.8 Å². The molecule has 2 aromatic rings. The van der Waals surface area contributed by atoms with Crippen molar-refractivity contribution < 1.29 is 9.26 Å². The molecule has 0 aliphatic heterocycles. The molecule has 0 radical (unpaired) electrons. The third-order valence-corrected chi connectivity index (χ3v) is 3.29. The first kappa shape index (κ1) is 11.1. The van der Waals surface area contributed by atoms with Gasteiger partial charge in [0.2, 0.25) is 5.88 Å². The van der Waals surface area contributed by atoms with Gasteiger partial charge in [0.1, 0.15) is 11.4 Å². The van der Waals surface area contributed by atoms with Gasteiger partial charge in [0.15, 0.2) is 0 Å². The van der Waals surface area contributed by atoms with Gasteiger partial charge in [0.05, 0.1) is 6.10 Å². The lowest BCUT2D eigenvalue weighted by Gasteiger charge is -2.27. The van der Waals surface area contributed by atoms with Crippen LogP contribution in [-0.4, -0.2) is 11.3 Å². The van der Waals surface area contributed by atoms with E-state index in [1.165, 1.54) is 6.42 Å². The first-order valence-corrected chi connectivity index (χ1v) is 6.22. The highest BCUT2D eigenvalue weighted by molar-refractivity contribution is 5.69. The van der Waals surface area contributed by atoms with Crippen LogP contribution in [0.2, 0.25) is 0 Å². The number of benzene rings is 1. The Hall–Kier alpha value is -1.97. The molecular formula is C14H16N2O2. The van der Waals surface area contributed by atoms with Gasteiger partial charge in [0.25, 0.3) is 0 Å². The second kappa shape index (κ2) is 4.37. The molecule has 0 saturated heterocycles. The van der Waals surface area contributed by atoms with Gasteiger partial charge in [-0.2, -0.15) is 0 Å². The zero-order chi connectivity index (χ0) is 12.5. The van der Waals surface area contributed by atoms with Gasteiger partial charge < -0.3 is 15.0 Å². The molecule has 4 nitrogen and oxygen atoms in total. The zero-order valence-corrected chi connectivity index (χ0v) is 10.3. The smallest absolute Gasteiger partial charge is 0.222 e. The van der Waals surface area contributed by atoms with Crippen molar-refractivity contribution in [2.75, 3.05) is 5.73 Å². The number of aryl methyl sites for hydroxylation is 1. The lowest BCUT2D eigenvalue weighted by atomic mass is 9.96. The van der Waals surface area contributed by atoms with Crippen molar-refractivity contribution in [2.24, 2.45) is 0 Å². The Morgan fingerprint density at radius 1 is 1.33 bits per heavy atom. The summed E-state index contributed by atoms with van der Waals surface area (Å²) in [5.74, 6) is 1.18. The average molecular weight is 244 g/mol. The van der Waals surface area contributed by atoms with Crippen LogP contribution in [-0.2, 0) is 0 Å². The highest BCUT2D eigenvalue weighted by atomic mass is 16.5. The van der Waals surface area contributed by atoms with Crippen LogP contribution in [0.1, 0.15) is 24.8 Å². The van der Waals surface area contributed by atoms with E-state index in [2.05, 4.69) is 5.16 Å². The third-order valence-electron chi connectivity index (χ3n) is 3.29. The molecule has 0 spiro atoms. The monoisotopic (exact) mass is 244 g/mol. The summed E-state index contributed by atoms with van der Waals surface area (Å²) in [5.41, 5.74) is 8.41. The molecule has 1 aromatic carbocycles. The number of anilines is 1. The van der Waals surface area contributed by atoms with E-state index >= 15 is 0 Å². The Morgan fingerprint density at radius 3 is 2.78 bits per heavy atom. The molecule has 1 saturated carbocycles. The molecule has 0 amide bonds. The molecule has 0 atom stereocenters. The first-order chi connectivity index (χ1) is 8.72. The molecule has 1 fully saturated rings. The van der Waals surface area contributed by atoms with Crippen LogP contribution in [0.3, 0.4) is 0 Å². The SMILES string of the molecule is Cc1ccc(OC2CCC2)c(-c2cc(N)on2)c1. The van der Waals surface area contributed by atoms with Gasteiger partial charge in [-0.3, -0.25) is 0 Å². The van der Waals surface area contributed by atoms with E-state index in [0.29, 0.717) is 12.0 Å². The number of hydrogen-bond donors (Lipinski definition) is 1. The fourth-order valence-electron chi connectivity index (χ4n) is 2.03. The van der Waals surface area contributed by atoms with E-state index in [9.17, 15) is 0 Å². The third kappa shape index (κ3) is 2.06. The summed E-state index contributed by atoms with van der Waals surface area (Å²) in [6.07, 6.45) is 3.86. The summed E-state index contributed by atoms with van der Waals surface area (Å²) in [6, 6.07) is 7.81. The van der Waals surface area contributed by atoms with Crippen molar-refractivity contribution in [3.63, 3.8) is 0 Å². The Bertz CT molecular complexity index is 559. The van der Waals surface area contributed by atoms with Crippen molar-refractivity contribution in [3.8, 4) is 17.0 Å². The van der Waals surface area contributed by atoms with Crippen LogP contribution in [0, 0.1) is 6.92 Å². The Morgan fingerprint density at radius 2 is 2.17 bits per heavy atom. The minimum absolute atomic E-state index is 0.320. The standard InChI is InChI=1S/C14H16N2O2/c1-9-5-6-13(17-10-3-2-4-10)11(7-9)12-8-14(15)18-16-12/h5-8,10H,2-4,15H2,1H3. The van der Waals surface area contributed by atoms with E-state index in [0.717, 1.165) is 35.4 Å². The summed E-state index contributed by atoms with van der Waals surface area (Å²) in [7, 11) is 0. The first-order valence-electron chi connectivity index (χ1n) is 6.22. The molecule has 2 N–H and O–H groups in total. The number of rotatable bonds is 3. The number of aromatic nitrogens is 1. The van der Waals surface area contributed by atoms with Crippen LogP contribution in [0.25, 0.3) is 11.3 Å². The summed E-state index contributed by atoms with van der Waals surface area (Å²) in [4.78, 5) is 0. The lowest BCUT2D eigenvalue weighted by molar-refractivity contribution is 0.121. The summed E-state index contributed by atoms with van der Waals surface area (Å²) in [5, 5.41) is 3.96. The summed E-state index contributed by atoms with van der Waals surface area (Å²) >= 11 is 0. The zero-order valence-electron chi connectivity index (χ0n) is 10.3. The van der Waals surface area contributed by atoms with Crippen LogP contribution >= 0.6 is 0 Å². The maximum atomic E-state index is 5.98. The molecule has 4 heteroatoms. The van der Waals surface area contributed by atoms with Crippen molar-refractivity contribution in [3.05, 3.63) is 29.8 Å². The largest absolute Gasteiger partial charge is 0.490 e. The highest BCUT2D eigenvalue weighted by Crippen LogP contribution is 2.34. The second-order valence-electron chi connectivity index (χ2n) is 4.78. The summed E-state index contributed by atoms with van der Waals surface area (Å²) in [6.45, 7) is 2.04. The fourth-order valence-corrected chi connectivity index (χ4v) is 2.03. The molecule has 18 heavy (non-hydrogen) atoms. The number of nitrogens with two attached hydrogens (primary N) is 1. The van der Waals surface area contributed by atoms with Crippen molar-refractivity contribution >= 4 is 5.88 Å². The van der Waals surface area contributed by atoms with Crippen LogP contribution in [0.15, 0.2) is 28.8 Å². The molecule has 0 unspecified atom stereocenters. The van der Waals surface area contributed by atoms with Crippen LogP contribution < -0.4 is 10.5 Å². The van der Waals surface area contributed by atoms with E-state index in [1.54, 1.807) is 6.07 Å². The normalized spacial score (nSPS) is 15.4. The van der Waals surface area contributed by atoms with Crippen LogP contribution in [0.4, 0.5) is 5.88 Å². The molecule has 1 aliphatic rings. The molecular weight excluding hydrogens is 228 g/mol. The number of ether oxygens (including phenoxy) is 1. The molecule has 1 aliphatic carbocycles. The van der Waals surface area contributed by atoms with Gasteiger partial charge in [-0.05, 0) is 38.3 Å². The van der Waals surface area contributed by atoms with E-state index in [4.69, 9.17) is 15.0 Å². The highest BCUT2D eigenvalue weighted by Gasteiger charge is 2.21. The topological polar surface area (TPSA) is 61.3 Å². The maximum absolute atomic E-state index is 5.98. The predicted molar refractivity (Wildman–Crippen MR) is 69.4 cm³/mol. The van der Waals surface area contributed by atoms with Crippen molar-refractivity contribution in [1.29, 1.82) is 0 Å². The molecule has 0 bridgehead atoms. The Kier molecular flexibility index (Phi) is 2.70. The number of nitrogens with zero attached hydrogens (tertiary/aromatic N) is 1. The lowest BCUT2D eigenvalue weighted by Crippen LogP contribution is -2.24. The quantitative estimate of drug-likeness (QED) is 0.900. The maximum Gasteiger partial charge on any atom is 0.222 e. The van der Waals surface area contributed by atoms with E-state index < -0.39 is 0 Å². The van der Waals surface area contributed by atoms with Crippen molar-refractivity contribution in [1.82, 2.24) is 5.16 Å². The Balaban J connectivity index is 1.96. The van der Waals surface area contributed by atoms with Gasteiger partial charge >= 0.3 is 0 Å². The molecule has 1 aromatic heterocycles. The predicted octanol–water partition coefficient (Wildman–Crippen LogP) is 3.16. The van der Waals surface area contributed by atoms with E-state index in [1.807, 2.05) is 25.1 Å². The minimum Gasteiger partial charge on any atom is -0.490 e. The van der Waals surface area contributed by atoms with E-state index in [-0.39, 0.29) is 0 Å².